The van der Waals surface area contributed by atoms with Gasteiger partial charge in [-0.1, -0.05) is 18.2 Å². The summed E-state index contributed by atoms with van der Waals surface area (Å²) < 4.78 is 0. The van der Waals surface area contributed by atoms with Crippen LogP contribution in [0.25, 0.3) is 0 Å². The Kier molecular flexibility index (Phi) is 3.93. The summed E-state index contributed by atoms with van der Waals surface area (Å²) in [6.07, 6.45) is 6.98. The third kappa shape index (κ3) is 2.68. The van der Waals surface area contributed by atoms with Crippen molar-refractivity contribution in [2.45, 2.75) is 43.0 Å². The number of amides is 1. The Morgan fingerprint density at radius 3 is 2.23 bits per heavy atom. The fraction of sp³-hybridized carbons (Fsp3) is 0.632. The smallest absolute Gasteiger partial charge is 0.232 e. The lowest BCUT2D eigenvalue weighted by Crippen LogP contribution is -2.56. The van der Waals surface area contributed by atoms with E-state index in [1.54, 1.807) is 11.8 Å². The van der Waals surface area contributed by atoms with Gasteiger partial charge in [-0.25, -0.2) is 0 Å². The highest BCUT2D eigenvalue weighted by molar-refractivity contribution is 8.00. The SMILES string of the molecule is CN(C(=O)CSc1ccccc1)C1C2CC3CC(C2)CC1C3. The number of benzene rings is 1. The number of rotatable bonds is 4. The third-order valence-corrected chi connectivity index (χ3v) is 7.12. The minimum Gasteiger partial charge on any atom is -0.341 e. The molecule has 1 aromatic carbocycles. The minimum absolute atomic E-state index is 0.311. The van der Waals surface area contributed by atoms with Gasteiger partial charge >= 0.3 is 0 Å². The highest BCUT2D eigenvalue weighted by Crippen LogP contribution is 2.55. The van der Waals surface area contributed by atoms with E-state index in [1.165, 1.54) is 37.0 Å². The molecule has 22 heavy (non-hydrogen) atoms. The first-order valence-electron chi connectivity index (χ1n) is 8.64. The summed E-state index contributed by atoms with van der Waals surface area (Å²) in [5.74, 6) is 4.40. The Bertz CT molecular complexity index is 516. The number of carbonyl (C=O) groups is 1. The second-order valence-corrected chi connectivity index (χ2v) is 8.58. The molecular formula is C19H25NOS. The van der Waals surface area contributed by atoms with E-state index in [4.69, 9.17) is 0 Å². The second kappa shape index (κ2) is 5.92. The molecule has 1 amide bonds. The van der Waals surface area contributed by atoms with Crippen LogP contribution in [-0.2, 0) is 4.79 Å². The van der Waals surface area contributed by atoms with Gasteiger partial charge in [-0.2, -0.15) is 0 Å². The van der Waals surface area contributed by atoms with Crippen molar-refractivity contribution in [3.63, 3.8) is 0 Å². The average Bonchev–Trinajstić information content (AvgIpc) is 2.52. The maximum absolute atomic E-state index is 12.6. The van der Waals surface area contributed by atoms with Gasteiger partial charge < -0.3 is 4.90 Å². The van der Waals surface area contributed by atoms with Crippen LogP contribution in [0.1, 0.15) is 32.1 Å². The van der Waals surface area contributed by atoms with E-state index in [2.05, 4.69) is 24.1 Å². The molecule has 4 bridgehead atoms. The highest BCUT2D eigenvalue weighted by Gasteiger charge is 2.50. The number of nitrogens with zero attached hydrogens (tertiary/aromatic N) is 1. The van der Waals surface area contributed by atoms with Crippen LogP contribution in [0.5, 0.6) is 0 Å². The molecule has 0 N–H and O–H groups in total. The van der Waals surface area contributed by atoms with Gasteiger partial charge in [0.15, 0.2) is 0 Å². The van der Waals surface area contributed by atoms with Crippen LogP contribution < -0.4 is 0 Å². The summed E-state index contributed by atoms with van der Waals surface area (Å²) in [5, 5.41) is 0. The van der Waals surface area contributed by atoms with Crippen LogP contribution in [0.2, 0.25) is 0 Å². The fourth-order valence-electron chi connectivity index (χ4n) is 5.46. The summed E-state index contributed by atoms with van der Waals surface area (Å²) in [7, 11) is 2.06. The molecule has 118 valence electrons. The van der Waals surface area contributed by atoms with Gasteiger partial charge in [-0.05, 0) is 67.9 Å². The molecule has 4 aliphatic rings. The molecule has 3 heteroatoms. The Morgan fingerprint density at radius 1 is 1.05 bits per heavy atom. The van der Waals surface area contributed by atoms with Crippen LogP contribution in [0.4, 0.5) is 0 Å². The zero-order chi connectivity index (χ0) is 15.1. The number of thioether (sulfide) groups is 1. The van der Waals surface area contributed by atoms with Crippen molar-refractivity contribution >= 4 is 17.7 Å². The predicted octanol–water partition coefficient (Wildman–Crippen LogP) is 4.06. The van der Waals surface area contributed by atoms with Crippen LogP contribution in [-0.4, -0.2) is 29.6 Å². The Labute approximate surface area is 137 Å². The van der Waals surface area contributed by atoms with Crippen LogP contribution >= 0.6 is 11.8 Å². The zero-order valence-corrected chi connectivity index (χ0v) is 14.1. The zero-order valence-electron chi connectivity index (χ0n) is 13.3. The number of hydrogen-bond donors (Lipinski definition) is 0. The molecule has 2 nitrogen and oxygen atoms in total. The summed E-state index contributed by atoms with van der Waals surface area (Å²) in [6.45, 7) is 0. The van der Waals surface area contributed by atoms with Crippen LogP contribution in [0.15, 0.2) is 35.2 Å². The molecule has 4 fully saturated rings. The molecule has 1 aromatic rings. The first kappa shape index (κ1) is 14.6. The summed E-state index contributed by atoms with van der Waals surface area (Å²) in [6, 6.07) is 10.8. The topological polar surface area (TPSA) is 20.3 Å². The molecule has 4 saturated carbocycles. The summed E-state index contributed by atoms with van der Waals surface area (Å²) in [4.78, 5) is 15.9. The monoisotopic (exact) mass is 315 g/mol. The quantitative estimate of drug-likeness (QED) is 0.781. The van der Waals surface area contributed by atoms with Crippen LogP contribution in [0.3, 0.4) is 0 Å². The maximum atomic E-state index is 12.6. The van der Waals surface area contributed by atoms with E-state index in [9.17, 15) is 4.79 Å². The Hall–Kier alpha value is -0.960. The lowest BCUT2D eigenvalue weighted by Gasteiger charge is -2.56. The highest BCUT2D eigenvalue weighted by atomic mass is 32.2. The van der Waals surface area contributed by atoms with E-state index in [1.807, 2.05) is 18.2 Å². The second-order valence-electron chi connectivity index (χ2n) is 7.53. The van der Waals surface area contributed by atoms with Gasteiger partial charge in [-0.15, -0.1) is 11.8 Å². The lowest BCUT2D eigenvalue weighted by atomic mass is 9.54. The third-order valence-electron chi connectivity index (χ3n) is 6.12. The van der Waals surface area contributed by atoms with Gasteiger partial charge in [0.1, 0.15) is 0 Å². The van der Waals surface area contributed by atoms with Crippen molar-refractivity contribution in [3.8, 4) is 0 Å². The lowest BCUT2D eigenvalue weighted by molar-refractivity contribution is -0.138. The number of carbonyl (C=O) groups excluding carboxylic acids is 1. The van der Waals surface area contributed by atoms with Crippen LogP contribution in [0, 0.1) is 23.7 Å². The molecule has 0 atom stereocenters. The van der Waals surface area contributed by atoms with Crippen molar-refractivity contribution < 1.29 is 4.79 Å². The van der Waals surface area contributed by atoms with Gasteiger partial charge in [0.2, 0.25) is 5.91 Å². The molecule has 0 aromatic heterocycles. The maximum Gasteiger partial charge on any atom is 0.232 e. The molecule has 0 radical (unpaired) electrons. The Morgan fingerprint density at radius 2 is 1.64 bits per heavy atom. The van der Waals surface area contributed by atoms with Crippen molar-refractivity contribution in [2.24, 2.45) is 23.7 Å². The van der Waals surface area contributed by atoms with E-state index < -0.39 is 0 Å². The first-order valence-corrected chi connectivity index (χ1v) is 9.62. The van der Waals surface area contributed by atoms with E-state index in [0.717, 1.165) is 23.7 Å². The van der Waals surface area contributed by atoms with E-state index in [0.29, 0.717) is 17.7 Å². The van der Waals surface area contributed by atoms with E-state index >= 15 is 0 Å². The fourth-order valence-corrected chi connectivity index (χ4v) is 6.30. The van der Waals surface area contributed by atoms with Crippen molar-refractivity contribution in [1.82, 2.24) is 4.90 Å². The molecule has 0 saturated heterocycles. The average molecular weight is 315 g/mol. The van der Waals surface area contributed by atoms with Gasteiger partial charge in [0, 0.05) is 18.0 Å². The molecule has 0 heterocycles. The number of hydrogen-bond acceptors (Lipinski definition) is 2. The van der Waals surface area contributed by atoms with Crippen molar-refractivity contribution in [1.29, 1.82) is 0 Å². The summed E-state index contributed by atoms with van der Waals surface area (Å²) in [5.41, 5.74) is 0. The molecule has 0 unspecified atom stereocenters. The van der Waals surface area contributed by atoms with Gasteiger partial charge in [0.05, 0.1) is 5.75 Å². The first-order chi connectivity index (χ1) is 10.7. The van der Waals surface area contributed by atoms with Gasteiger partial charge in [0.25, 0.3) is 0 Å². The van der Waals surface area contributed by atoms with Gasteiger partial charge in [-0.3, -0.25) is 4.79 Å². The molecule has 5 rings (SSSR count). The largest absolute Gasteiger partial charge is 0.341 e. The molecule has 0 spiro atoms. The molecule has 4 aliphatic carbocycles. The minimum atomic E-state index is 0.311. The van der Waals surface area contributed by atoms with Crippen molar-refractivity contribution in [2.75, 3.05) is 12.8 Å². The summed E-state index contributed by atoms with van der Waals surface area (Å²) >= 11 is 1.67. The predicted molar refractivity (Wildman–Crippen MR) is 90.8 cm³/mol. The molecule has 0 aliphatic heterocycles. The Balaban J connectivity index is 1.39. The van der Waals surface area contributed by atoms with E-state index in [-0.39, 0.29) is 0 Å². The van der Waals surface area contributed by atoms with Crippen molar-refractivity contribution in [3.05, 3.63) is 30.3 Å². The normalized spacial score (nSPS) is 35.6. The standard InChI is InChI=1S/C19H25NOS/c1-20(18(21)12-22-17-5-3-2-4-6-17)19-15-8-13-7-14(10-15)11-16(19)9-13/h2-6,13-16,19H,7-12H2,1H3. The molecular weight excluding hydrogens is 290 g/mol.